The summed E-state index contributed by atoms with van der Waals surface area (Å²) in [7, 11) is 0. The first-order valence-corrected chi connectivity index (χ1v) is 5.92. The van der Waals surface area contributed by atoms with Crippen molar-refractivity contribution in [3.8, 4) is 5.75 Å². The van der Waals surface area contributed by atoms with Crippen LogP contribution >= 0.6 is 69.6 Å². The molecule has 0 fully saturated rings. The van der Waals surface area contributed by atoms with Crippen molar-refractivity contribution in [1.82, 2.24) is 0 Å². The number of benzene rings is 1. The highest BCUT2D eigenvalue weighted by Gasteiger charge is 2.25. The second-order valence-corrected chi connectivity index (χ2v) is 6.01. The standard InChI is InChI=1S/C8H2Cl6O2/c9-4-1-3(8(12,13)14)2-5(10)6(4)16-7(11)15/h1-2H. The number of carbonyl (C=O) groups is 1. The summed E-state index contributed by atoms with van der Waals surface area (Å²) < 4.78 is 2.91. The molecule has 0 radical (unpaired) electrons. The number of alkyl halides is 3. The van der Waals surface area contributed by atoms with Crippen LogP contribution in [-0.2, 0) is 3.79 Å². The number of halogens is 6. The summed E-state index contributed by atoms with van der Waals surface area (Å²) in [6.45, 7) is 0. The van der Waals surface area contributed by atoms with E-state index in [1.165, 1.54) is 12.1 Å². The van der Waals surface area contributed by atoms with Gasteiger partial charge >= 0.3 is 5.43 Å². The molecule has 0 N–H and O–H groups in total. The Hall–Kier alpha value is 0.430. The number of hydrogen-bond acceptors (Lipinski definition) is 2. The van der Waals surface area contributed by atoms with E-state index in [0.29, 0.717) is 0 Å². The summed E-state index contributed by atoms with van der Waals surface area (Å²) in [6, 6.07) is 2.63. The molecule has 0 unspecified atom stereocenters. The molecule has 0 aliphatic heterocycles. The zero-order valence-electron chi connectivity index (χ0n) is 7.24. The van der Waals surface area contributed by atoms with Crippen molar-refractivity contribution in [2.45, 2.75) is 3.79 Å². The van der Waals surface area contributed by atoms with E-state index in [0.717, 1.165) is 0 Å². The zero-order valence-corrected chi connectivity index (χ0v) is 11.8. The molecule has 0 aromatic heterocycles. The topological polar surface area (TPSA) is 26.3 Å². The Kier molecular flexibility index (Phi) is 4.88. The maximum Gasteiger partial charge on any atom is 0.409 e. The van der Waals surface area contributed by atoms with E-state index in [4.69, 9.17) is 69.6 Å². The predicted octanol–water partition coefficient (Wildman–Crippen LogP) is 5.56. The van der Waals surface area contributed by atoms with Crippen LogP contribution in [0.15, 0.2) is 12.1 Å². The molecule has 88 valence electrons. The summed E-state index contributed by atoms with van der Waals surface area (Å²) in [4.78, 5) is 10.5. The minimum absolute atomic E-state index is 0.0165. The highest BCUT2D eigenvalue weighted by molar-refractivity contribution is 6.67. The second-order valence-electron chi connectivity index (χ2n) is 2.61. The fraction of sp³-hybridized carbons (Fsp3) is 0.125. The number of rotatable bonds is 1. The fourth-order valence-corrected chi connectivity index (χ4v) is 1.87. The van der Waals surface area contributed by atoms with Crippen LogP contribution < -0.4 is 4.74 Å². The average molecular weight is 343 g/mol. The molecule has 0 spiro atoms. The predicted molar refractivity (Wildman–Crippen MR) is 67.6 cm³/mol. The van der Waals surface area contributed by atoms with Gasteiger partial charge in [-0.15, -0.1) is 0 Å². The fourth-order valence-electron chi connectivity index (χ4n) is 0.901. The molecule has 0 amide bonds. The van der Waals surface area contributed by atoms with Crippen LogP contribution in [0.3, 0.4) is 0 Å². The van der Waals surface area contributed by atoms with E-state index in [2.05, 4.69) is 4.74 Å². The van der Waals surface area contributed by atoms with Gasteiger partial charge in [0.1, 0.15) is 0 Å². The van der Waals surface area contributed by atoms with Crippen molar-refractivity contribution in [2.24, 2.45) is 0 Å². The van der Waals surface area contributed by atoms with Gasteiger partial charge in [0.2, 0.25) is 3.79 Å². The van der Waals surface area contributed by atoms with Crippen molar-refractivity contribution < 1.29 is 9.53 Å². The molecule has 1 aromatic carbocycles. The lowest BCUT2D eigenvalue weighted by Gasteiger charge is -2.14. The Morgan fingerprint density at radius 2 is 1.56 bits per heavy atom. The zero-order chi connectivity index (χ0) is 12.5. The first-order valence-electron chi connectivity index (χ1n) is 3.65. The van der Waals surface area contributed by atoms with Gasteiger partial charge in [-0.1, -0.05) is 58.0 Å². The van der Waals surface area contributed by atoms with Crippen LogP contribution in [-0.4, -0.2) is 5.43 Å². The van der Waals surface area contributed by atoms with Crippen LogP contribution in [0.25, 0.3) is 0 Å². The van der Waals surface area contributed by atoms with Crippen molar-refractivity contribution in [2.75, 3.05) is 0 Å². The maximum absolute atomic E-state index is 10.5. The Labute approximate surface area is 121 Å². The first kappa shape index (κ1) is 14.5. The van der Waals surface area contributed by atoms with Crippen LogP contribution in [0.5, 0.6) is 5.75 Å². The third kappa shape index (κ3) is 3.73. The summed E-state index contributed by atoms with van der Waals surface area (Å²) >= 11 is 33.5. The summed E-state index contributed by atoms with van der Waals surface area (Å²) in [6.07, 6.45) is 0. The van der Waals surface area contributed by atoms with Crippen molar-refractivity contribution in [3.63, 3.8) is 0 Å². The monoisotopic (exact) mass is 340 g/mol. The Balaban J connectivity index is 3.23. The molecule has 1 aromatic rings. The van der Waals surface area contributed by atoms with E-state index in [1.54, 1.807) is 0 Å². The molecular weight excluding hydrogens is 341 g/mol. The van der Waals surface area contributed by atoms with Gasteiger partial charge in [-0.3, -0.25) is 0 Å². The lowest BCUT2D eigenvalue weighted by molar-refractivity contribution is 0.225. The third-order valence-corrected chi connectivity index (χ3v) is 2.80. The van der Waals surface area contributed by atoms with Gasteiger partial charge in [-0.05, 0) is 12.1 Å². The number of hydrogen-bond donors (Lipinski definition) is 0. The van der Waals surface area contributed by atoms with E-state index in [-0.39, 0.29) is 21.4 Å². The van der Waals surface area contributed by atoms with Gasteiger partial charge in [0.15, 0.2) is 5.75 Å². The highest BCUT2D eigenvalue weighted by Crippen LogP contribution is 2.44. The lowest BCUT2D eigenvalue weighted by atomic mass is 10.2. The molecule has 8 heteroatoms. The van der Waals surface area contributed by atoms with Crippen LogP contribution in [0, 0.1) is 0 Å². The third-order valence-electron chi connectivity index (χ3n) is 1.51. The van der Waals surface area contributed by atoms with Gasteiger partial charge in [0, 0.05) is 17.2 Å². The van der Waals surface area contributed by atoms with Crippen LogP contribution in [0.2, 0.25) is 10.0 Å². The quantitative estimate of drug-likeness (QED) is 0.493. The first-order chi connectivity index (χ1) is 7.21. The Bertz CT molecular complexity index is 402. The molecule has 0 atom stereocenters. The lowest BCUT2D eigenvalue weighted by Crippen LogP contribution is -2.03. The molecule has 0 heterocycles. The minimum atomic E-state index is -1.67. The Morgan fingerprint density at radius 3 is 1.88 bits per heavy atom. The molecule has 0 aliphatic rings. The smallest absolute Gasteiger partial charge is 0.409 e. The normalized spacial score (nSPS) is 11.4. The molecule has 0 saturated carbocycles. The Morgan fingerprint density at radius 1 is 1.12 bits per heavy atom. The molecule has 0 saturated heterocycles. The van der Waals surface area contributed by atoms with Gasteiger partial charge in [0.25, 0.3) is 0 Å². The minimum Gasteiger partial charge on any atom is -0.411 e. The van der Waals surface area contributed by atoms with Gasteiger partial charge in [0.05, 0.1) is 10.0 Å². The van der Waals surface area contributed by atoms with Crippen molar-refractivity contribution in [1.29, 1.82) is 0 Å². The molecule has 16 heavy (non-hydrogen) atoms. The number of ether oxygens (including phenoxy) is 1. The highest BCUT2D eigenvalue weighted by atomic mass is 35.6. The SMILES string of the molecule is O=C(Cl)Oc1c(Cl)cc(C(Cl)(Cl)Cl)cc1Cl. The van der Waals surface area contributed by atoms with Crippen molar-refractivity contribution >= 4 is 75.0 Å². The van der Waals surface area contributed by atoms with E-state index >= 15 is 0 Å². The van der Waals surface area contributed by atoms with Gasteiger partial charge in [-0.25, -0.2) is 4.79 Å². The molecule has 0 bridgehead atoms. The molecule has 1 rings (SSSR count). The number of carbonyl (C=O) groups excluding carboxylic acids is 1. The summed E-state index contributed by atoms with van der Waals surface area (Å²) in [5, 5.41) is 0.0330. The molecular formula is C8H2Cl6O2. The van der Waals surface area contributed by atoms with E-state index in [1.807, 2.05) is 0 Å². The van der Waals surface area contributed by atoms with E-state index < -0.39 is 9.22 Å². The second kappa shape index (κ2) is 5.38. The van der Waals surface area contributed by atoms with Crippen molar-refractivity contribution in [3.05, 3.63) is 27.7 Å². The van der Waals surface area contributed by atoms with Gasteiger partial charge in [-0.2, -0.15) is 0 Å². The van der Waals surface area contributed by atoms with Gasteiger partial charge < -0.3 is 4.74 Å². The summed E-state index contributed by atoms with van der Waals surface area (Å²) in [5.74, 6) is -0.0821. The summed E-state index contributed by atoms with van der Waals surface area (Å²) in [5.41, 5.74) is -0.813. The molecule has 2 nitrogen and oxygen atoms in total. The largest absolute Gasteiger partial charge is 0.411 e. The average Bonchev–Trinajstić information content (AvgIpc) is 2.09. The van der Waals surface area contributed by atoms with Crippen LogP contribution in [0.1, 0.15) is 5.56 Å². The maximum atomic E-state index is 10.5. The molecule has 0 aliphatic carbocycles. The van der Waals surface area contributed by atoms with Crippen LogP contribution in [0.4, 0.5) is 4.79 Å². The van der Waals surface area contributed by atoms with E-state index in [9.17, 15) is 4.79 Å².